The van der Waals surface area contributed by atoms with Crippen molar-refractivity contribution in [3.8, 4) is 0 Å². The summed E-state index contributed by atoms with van der Waals surface area (Å²) < 4.78 is 24.8. The molecule has 0 heterocycles. The van der Waals surface area contributed by atoms with Gasteiger partial charge in [0.2, 0.25) is 0 Å². The fourth-order valence-electron chi connectivity index (χ4n) is 7.08. The van der Waals surface area contributed by atoms with Gasteiger partial charge < -0.3 is 106 Å². The summed E-state index contributed by atoms with van der Waals surface area (Å²) in [6, 6.07) is 0. The Labute approximate surface area is 397 Å². The lowest BCUT2D eigenvalue weighted by atomic mass is 9.92. The van der Waals surface area contributed by atoms with Crippen molar-refractivity contribution in [2.45, 2.75) is 18.3 Å². The van der Waals surface area contributed by atoms with Crippen LogP contribution in [0.2, 0.25) is 0 Å². The van der Waals surface area contributed by atoms with E-state index < -0.39 is 29.6 Å². The third-order valence-electron chi connectivity index (χ3n) is 10.6. The summed E-state index contributed by atoms with van der Waals surface area (Å²) >= 11 is 0. The Morgan fingerprint density at radius 2 is 0.636 bits per heavy atom. The second kappa shape index (κ2) is 46.2. The Balaban J connectivity index is 5.88. The van der Waals surface area contributed by atoms with Gasteiger partial charge >= 0.3 is 0 Å². The smallest absolute Gasteiger partial charge is 0.126 e. The first-order chi connectivity index (χ1) is 32.1. The van der Waals surface area contributed by atoms with Gasteiger partial charge in [-0.05, 0) is 0 Å². The monoisotopic (exact) mass is 957 g/mol. The highest BCUT2D eigenvalue weighted by molar-refractivity contribution is 5.53. The van der Waals surface area contributed by atoms with Crippen molar-refractivity contribution in [3.63, 3.8) is 0 Å². The average Bonchev–Trinajstić information content (AvgIpc) is 3.29. The molecular formula is C42H100N16O8. The zero-order chi connectivity index (χ0) is 48.9. The van der Waals surface area contributed by atoms with Gasteiger partial charge in [0.25, 0.3) is 0 Å². The van der Waals surface area contributed by atoms with Crippen molar-refractivity contribution >= 4 is 6.29 Å². The summed E-state index contributed by atoms with van der Waals surface area (Å²) in [6.07, 6.45) is -1.60. The highest BCUT2D eigenvalue weighted by Gasteiger charge is 2.34. The van der Waals surface area contributed by atoms with Gasteiger partial charge in [0.1, 0.15) is 6.29 Å². The first-order valence-corrected chi connectivity index (χ1v) is 24.2. The van der Waals surface area contributed by atoms with Crippen molar-refractivity contribution in [2.24, 2.45) is 57.2 Å². The Morgan fingerprint density at radius 1 is 0.394 bits per heavy atom. The quantitative estimate of drug-likeness (QED) is 0.0199. The third kappa shape index (κ3) is 36.7. The first kappa shape index (κ1) is 64.8. The lowest BCUT2D eigenvalue weighted by Crippen LogP contribution is -2.45. The number of aldehydes is 1. The van der Waals surface area contributed by atoms with Crippen LogP contribution in [0.15, 0.2) is 0 Å². The summed E-state index contributed by atoms with van der Waals surface area (Å²) in [6.45, 7) is 17.3. The molecule has 24 heteroatoms. The summed E-state index contributed by atoms with van der Waals surface area (Å²) in [5.41, 5.74) is 45.0. The number of rotatable bonds is 53. The predicted octanol–water partition coefficient (Wildman–Crippen LogP) is -8.83. The molecule has 0 saturated heterocycles. The normalized spacial score (nSPS) is 15.0. The molecule has 0 amide bonds. The first-order valence-electron chi connectivity index (χ1n) is 24.2. The van der Waals surface area contributed by atoms with Crippen molar-refractivity contribution < 1.29 is 39.1 Å². The van der Waals surface area contributed by atoms with Crippen LogP contribution in [0.3, 0.4) is 0 Å². The Kier molecular flexibility index (Phi) is 45.3. The highest BCUT2D eigenvalue weighted by atomic mass is 16.5. The minimum atomic E-state index is -0.958. The number of aliphatic hydroxyl groups is 3. The number of hydrogen-bond acceptors (Lipinski definition) is 24. The molecule has 0 aromatic heterocycles. The molecule has 66 heavy (non-hydrogen) atoms. The molecule has 4 atom stereocenters. The van der Waals surface area contributed by atoms with E-state index in [0.29, 0.717) is 105 Å². The Bertz CT molecular complexity index is 933. The molecule has 0 saturated carbocycles. The molecule has 0 aromatic carbocycles. The molecule has 0 bridgehead atoms. The lowest BCUT2D eigenvalue weighted by Gasteiger charge is -2.34. The van der Waals surface area contributed by atoms with Crippen LogP contribution in [0, 0.1) is 11.3 Å². The highest BCUT2D eigenvalue weighted by Crippen LogP contribution is 2.22. The van der Waals surface area contributed by atoms with Gasteiger partial charge in [-0.15, -0.1) is 0 Å². The molecule has 4 unspecified atom stereocenters. The van der Waals surface area contributed by atoms with Crippen LogP contribution in [0.1, 0.15) is 0 Å². The molecule has 0 radical (unpaired) electrons. The molecule has 0 spiro atoms. The topological polar surface area (TPSA) is 384 Å². The number of ether oxygens (including phenoxy) is 4. The van der Waals surface area contributed by atoms with E-state index in [1.165, 1.54) is 0 Å². The van der Waals surface area contributed by atoms with Crippen LogP contribution in [-0.2, 0) is 23.7 Å². The maximum absolute atomic E-state index is 12.2. The van der Waals surface area contributed by atoms with Crippen LogP contribution in [0.4, 0.5) is 0 Å². The molecule has 24 nitrogen and oxygen atoms in total. The van der Waals surface area contributed by atoms with E-state index in [9.17, 15) is 20.1 Å². The molecule has 0 aliphatic rings. The van der Waals surface area contributed by atoms with Crippen LogP contribution >= 0.6 is 0 Å². The molecule has 0 aromatic rings. The van der Waals surface area contributed by atoms with E-state index in [4.69, 9.17) is 64.8 Å². The van der Waals surface area contributed by atoms with Gasteiger partial charge in [0.05, 0.1) is 82.5 Å². The summed E-state index contributed by atoms with van der Waals surface area (Å²) in [4.78, 5) is 20.8. The number of carbonyl (C=O) groups excluding carboxylic acids is 1. The number of carbonyl (C=O) groups is 1. The number of nitrogens with one attached hydrogen (secondary N) is 4. The molecule has 396 valence electrons. The second-order valence-electron chi connectivity index (χ2n) is 16.9. The summed E-state index contributed by atoms with van der Waals surface area (Å²) in [5, 5.41) is 45.8. The Hall–Kier alpha value is -1.25. The zero-order valence-electron chi connectivity index (χ0n) is 40.6. The molecular weight excluding hydrogens is 857 g/mol. The van der Waals surface area contributed by atoms with E-state index in [2.05, 4.69) is 40.9 Å². The van der Waals surface area contributed by atoms with E-state index in [-0.39, 0.29) is 52.9 Å². The SMILES string of the molecule is NCCN(CCN)CCNCC(O)COCC(COCC(O)CNCCN(CCN)CCN)(COCC(O)CNCCN(CCN)CCN)COCC(C=O)CNCCN(CCN)CCN. The van der Waals surface area contributed by atoms with Crippen molar-refractivity contribution in [1.82, 2.24) is 40.9 Å². The lowest BCUT2D eigenvalue weighted by molar-refractivity contribution is -0.131. The van der Waals surface area contributed by atoms with Crippen LogP contribution in [0.25, 0.3) is 0 Å². The Morgan fingerprint density at radius 3 is 0.879 bits per heavy atom. The van der Waals surface area contributed by atoms with Gasteiger partial charge in [-0.2, -0.15) is 0 Å². The number of hydrogen-bond donors (Lipinski definition) is 15. The van der Waals surface area contributed by atoms with Crippen LogP contribution in [-0.4, -0.2) is 296 Å². The van der Waals surface area contributed by atoms with Crippen molar-refractivity contribution in [3.05, 3.63) is 0 Å². The second-order valence-corrected chi connectivity index (χ2v) is 16.9. The maximum Gasteiger partial charge on any atom is 0.126 e. The van der Waals surface area contributed by atoms with Gasteiger partial charge in [-0.25, -0.2) is 0 Å². The number of nitrogens with zero attached hydrogens (tertiary/aromatic N) is 4. The van der Waals surface area contributed by atoms with E-state index >= 15 is 0 Å². The fraction of sp³-hybridized carbons (Fsp3) is 0.976. The van der Waals surface area contributed by atoms with Crippen LogP contribution in [0.5, 0.6) is 0 Å². The maximum atomic E-state index is 12.2. The predicted molar refractivity (Wildman–Crippen MR) is 263 cm³/mol. The molecule has 0 fully saturated rings. The average molecular weight is 957 g/mol. The molecule has 0 aliphatic carbocycles. The van der Waals surface area contributed by atoms with Gasteiger partial charge in [-0.1, -0.05) is 0 Å². The van der Waals surface area contributed by atoms with Gasteiger partial charge in [0, 0.05) is 183 Å². The number of aliphatic hydroxyl groups excluding tert-OH is 3. The van der Waals surface area contributed by atoms with Gasteiger partial charge in [0.15, 0.2) is 0 Å². The summed E-state index contributed by atoms with van der Waals surface area (Å²) in [5.74, 6) is -0.446. The van der Waals surface area contributed by atoms with E-state index in [1.807, 2.05) is 0 Å². The number of nitrogens with two attached hydrogens (primary N) is 8. The molecule has 0 rings (SSSR count). The standard InChI is InChI=1S/C42H100N16O8/c43-1-13-55(14-2-44)21-9-51-25-38(29-59)30-63-34-42(35-64-31-39(60)26-52-10-22-56(15-3-45)16-4-46,36-65-32-40(61)27-53-11-23-57(17-5-47)18-6-48)37-66-33-41(62)28-54-12-24-58(19-7-49)20-8-50/h29,38-41,51-54,60-62H,1-28,30-37,43-50H2. The van der Waals surface area contributed by atoms with Gasteiger partial charge in [-0.3, -0.25) is 19.6 Å². The third-order valence-corrected chi connectivity index (χ3v) is 10.6. The largest absolute Gasteiger partial charge is 0.389 e. The summed E-state index contributed by atoms with van der Waals surface area (Å²) in [7, 11) is 0. The zero-order valence-corrected chi connectivity index (χ0v) is 40.6. The van der Waals surface area contributed by atoms with E-state index in [1.54, 1.807) is 0 Å². The molecule has 0 aliphatic heterocycles. The van der Waals surface area contributed by atoms with E-state index in [0.717, 1.165) is 84.8 Å². The minimum Gasteiger partial charge on any atom is -0.389 e. The van der Waals surface area contributed by atoms with Crippen molar-refractivity contribution in [2.75, 3.05) is 236 Å². The molecule has 23 N–H and O–H groups in total. The van der Waals surface area contributed by atoms with Crippen molar-refractivity contribution in [1.29, 1.82) is 0 Å². The minimum absolute atomic E-state index is 0.00598. The van der Waals surface area contributed by atoms with Crippen LogP contribution < -0.4 is 67.1 Å². The fourth-order valence-corrected chi connectivity index (χ4v) is 7.08.